The van der Waals surface area contributed by atoms with E-state index in [-0.39, 0.29) is 10.8 Å². The van der Waals surface area contributed by atoms with Crippen LogP contribution in [0.3, 0.4) is 0 Å². The highest BCUT2D eigenvalue weighted by Crippen LogP contribution is 2.59. The highest BCUT2D eigenvalue weighted by molar-refractivity contribution is 5.97. The summed E-state index contributed by atoms with van der Waals surface area (Å²) >= 11 is 0. The minimum Gasteiger partial charge on any atom is -0.310 e. The largest absolute Gasteiger partial charge is 0.310 e. The summed E-state index contributed by atoms with van der Waals surface area (Å²) in [5, 5.41) is 0. The lowest BCUT2D eigenvalue weighted by molar-refractivity contribution is 0.332. The molecular formula is C62H57N. The fourth-order valence-electron chi connectivity index (χ4n) is 11.6. The molecule has 1 heteroatoms. The van der Waals surface area contributed by atoms with Crippen molar-refractivity contribution in [3.63, 3.8) is 0 Å². The second-order valence-corrected chi connectivity index (χ2v) is 19.8. The van der Waals surface area contributed by atoms with Crippen molar-refractivity contribution in [3.8, 4) is 33.4 Å². The molecule has 0 spiro atoms. The molecule has 0 aromatic heterocycles. The molecule has 0 radical (unpaired) electrons. The van der Waals surface area contributed by atoms with Crippen LogP contribution in [0.2, 0.25) is 0 Å². The van der Waals surface area contributed by atoms with Gasteiger partial charge in [0.25, 0.3) is 0 Å². The van der Waals surface area contributed by atoms with Crippen molar-refractivity contribution in [1.29, 1.82) is 0 Å². The molecule has 0 heterocycles. The summed E-state index contributed by atoms with van der Waals surface area (Å²) in [6.07, 6.45) is 7.14. The van der Waals surface area contributed by atoms with Crippen LogP contribution in [0, 0.1) is 6.92 Å². The highest BCUT2D eigenvalue weighted by atomic mass is 15.1. The molecule has 11 rings (SSSR count). The standard InChI is InChI=1S/C62H57N/c1-42-37-45-21-15-16-22-46(45)39-58(42)63(50-32-29-44(30-33-50)43-19-9-6-10-20-43)59-41-56-53(40-52(59)47-31-34-55-57(38-47)61(4,5)36-35-60(55,2)3)51-27-17-18-28-54(51)62(56,48-23-11-7-12-24-48)49-25-13-8-14-26-49/h6-14,17-20,23-34,37-41H,15-16,21-22,35-36H2,1-5H3. The van der Waals surface area contributed by atoms with Crippen LogP contribution >= 0.6 is 0 Å². The normalized spacial score (nSPS) is 16.3. The third-order valence-electron chi connectivity index (χ3n) is 15.1. The third-order valence-corrected chi connectivity index (χ3v) is 15.1. The van der Waals surface area contributed by atoms with E-state index in [1.165, 1.54) is 121 Å². The van der Waals surface area contributed by atoms with Crippen molar-refractivity contribution < 1.29 is 0 Å². The van der Waals surface area contributed by atoms with Crippen molar-refractivity contribution in [2.45, 2.75) is 89.4 Å². The summed E-state index contributed by atoms with van der Waals surface area (Å²) < 4.78 is 0. The number of benzene rings is 8. The van der Waals surface area contributed by atoms with Gasteiger partial charge in [-0.2, -0.15) is 0 Å². The van der Waals surface area contributed by atoms with Gasteiger partial charge in [-0.1, -0.05) is 179 Å². The topological polar surface area (TPSA) is 3.24 Å². The van der Waals surface area contributed by atoms with Gasteiger partial charge in [-0.05, 0) is 164 Å². The lowest BCUT2D eigenvalue weighted by atomic mass is 9.63. The zero-order chi connectivity index (χ0) is 42.9. The molecule has 8 aromatic carbocycles. The lowest BCUT2D eigenvalue weighted by Crippen LogP contribution is -2.33. The first-order valence-electron chi connectivity index (χ1n) is 23.3. The molecule has 63 heavy (non-hydrogen) atoms. The maximum atomic E-state index is 2.62. The van der Waals surface area contributed by atoms with Gasteiger partial charge in [0.05, 0.1) is 11.1 Å². The van der Waals surface area contributed by atoms with Crippen molar-refractivity contribution >= 4 is 17.1 Å². The summed E-state index contributed by atoms with van der Waals surface area (Å²) in [5.74, 6) is 0. The van der Waals surface area contributed by atoms with Crippen LogP contribution in [0.4, 0.5) is 17.1 Å². The Bertz CT molecular complexity index is 2950. The lowest BCUT2D eigenvalue weighted by Gasteiger charge is -2.42. The van der Waals surface area contributed by atoms with E-state index >= 15 is 0 Å². The highest BCUT2D eigenvalue weighted by Gasteiger charge is 2.47. The Morgan fingerprint density at radius 2 is 0.952 bits per heavy atom. The molecule has 0 aliphatic heterocycles. The smallest absolute Gasteiger partial charge is 0.0714 e. The predicted molar refractivity (Wildman–Crippen MR) is 266 cm³/mol. The van der Waals surface area contributed by atoms with Crippen molar-refractivity contribution in [2.24, 2.45) is 0 Å². The number of hydrogen-bond donors (Lipinski definition) is 0. The van der Waals surface area contributed by atoms with E-state index in [0.29, 0.717) is 0 Å². The second-order valence-electron chi connectivity index (χ2n) is 19.8. The Hall–Kier alpha value is -6.44. The zero-order valence-corrected chi connectivity index (χ0v) is 37.5. The van der Waals surface area contributed by atoms with E-state index in [4.69, 9.17) is 0 Å². The van der Waals surface area contributed by atoms with Crippen LogP contribution in [0.1, 0.15) is 103 Å². The molecule has 3 aliphatic carbocycles. The Balaban J connectivity index is 1.26. The number of anilines is 3. The third kappa shape index (κ3) is 6.42. The SMILES string of the molecule is Cc1cc2c(cc1N(c1ccc(-c3ccccc3)cc1)c1cc3c(cc1-c1ccc4c(c1)C(C)(C)CCC4(C)C)-c1ccccc1C3(c1ccccc1)c1ccccc1)CCCC2. The van der Waals surface area contributed by atoms with Crippen LogP contribution in [0.5, 0.6) is 0 Å². The average molecular weight is 816 g/mol. The molecule has 0 saturated heterocycles. The van der Waals surface area contributed by atoms with Crippen molar-refractivity contribution in [2.75, 3.05) is 4.90 Å². The summed E-state index contributed by atoms with van der Waals surface area (Å²) in [6, 6.07) is 69.5. The van der Waals surface area contributed by atoms with Crippen molar-refractivity contribution in [3.05, 3.63) is 232 Å². The summed E-state index contributed by atoms with van der Waals surface area (Å²) in [6.45, 7) is 12.1. The van der Waals surface area contributed by atoms with Crippen molar-refractivity contribution in [1.82, 2.24) is 0 Å². The first-order valence-corrected chi connectivity index (χ1v) is 23.3. The molecule has 0 amide bonds. The Kier molecular flexibility index (Phi) is 9.46. The van der Waals surface area contributed by atoms with Gasteiger partial charge < -0.3 is 4.90 Å². The molecule has 310 valence electrons. The molecule has 0 fully saturated rings. The Morgan fingerprint density at radius 1 is 0.397 bits per heavy atom. The maximum absolute atomic E-state index is 2.62. The van der Waals surface area contributed by atoms with E-state index in [2.05, 4.69) is 222 Å². The van der Waals surface area contributed by atoms with Gasteiger partial charge in [0.2, 0.25) is 0 Å². The van der Waals surface area contributed by atoms with E-state index < -0.39 is 5.41 Å². The van der Waals surface area contributed by atoms with Crippen LogP contribution < -0.4 is 4.90 Å². The molecule has 0 saturated carbocycles. The number of hydrogen-bond acceptors (Lipinski definition) is 1. The van der Waals surface area contributed by atoms with Gasteiger partial charge in [0.1, 0.15) is 0 Å². The molecule has 0 unspecified atom stereocenters. The first kappa shape index (κ1) is 39.4. The molecular weight excluding hydrogens is 759 g/mol. The summed E-state index contributed by atoms with van der Waals surface area (Å²) in [7, 11) is 0. The predicted octanol–water partition coefficient (Wildman–Crippen LogP) is 16.4. The number of aryl methyl sites for hydroxylation is 3. The van der Waals surface area contributed by atoms with Crippen LogP contribution in [-0.4, -0.2) is 0 Å². The minimum atomic E-state index is -0.530. The van der Waals surface area contributed by atoms with Gasteiger partial charge >= 0.3 is 0 Å². The molecule has 3 aliphatic rings. The zero-order valence-electron chi connectivity index (χ0n) is 37.5. The Morgan fingerprint density at radius 3 is 1.62 bits per heavy atom. The van der Waals surface area contributed by atoms with Gasteiger partial charge in [-0.15, -0.1) is 0 Å². The van der Waals surface area contributed by atoms with Crippen LogP contribution in [0.25, 0.3) is 33.4 Å². The molecule has 0 bridgehead atoms. The molecule has 0 atom stereocenters. The number of rotatable bonds is 7. The molecule has 8 aromatic rings. The fraction of sp³-hybridized carbons (Fsp3) is 0.226. The quantitative estimate of drug-likeness (QED) is 0.155. The van der Waals surface area contributed by atoms with Gasteiger partial charge in [-0.25, -0.2) is 0 Å². The Labute approximate surface area is 375 Å². The molecule has 1 nitrogen and oxygen atoms in total. The minimum absolute atomic E-state index is 0.0716. The number of fused-ring (bicyclic) bond motifs is 5. The fourth-order valence-corrected chi connectivity index (χ4v) is 11.6. The van der Waals surface area contributed by atoms with Gasteiger partial charge in [-0.3, -0.25) is 0 Å². The monoisotopic (exact) mass is 815 g/mol. The summed E-state index contributed by atoms with van der Waals surface area (Å²) in [5.41, 5.74) is 23.4. The maximum Gasteiger partial charge on any atom is 0.0714 e. The second kappa shape index (κ2) is 15.1. The van der Waals surface area contributed by atoms with E-state index in [1.54, 1.807) is 0 Å². The van der Waals surface area contributed by atoms with Gasteiger partial charge in [0, 0.05) is 16.9 Å². The van der Waals surface area contributed by atoms with Crippen LogP contribution in [0.15, 0.2) is 182 Å². The summed E-state index contributed by atoms with van der Waals surface area (Å²) in [4.78, 5) is 2.62. The van der Waals surface area contributed by atoms with Crippen LogP contribution in [-0.2, 0) is 29.1 Å². The van der Waals surface area contributed by atoms with Gasteiger partial charge in [0.15, 0.2) is 0 Å². The molecule has 0 N–H and O–H groups in total. The van der Waals surface area contributed by atoms with E-state index in [0.717, 1.165) is 18.5 Å². The van der Waals surface area contributed by atoms with E-state index in [1.807, 2.05) is 0 Å². The number of nitrogens with zero attached hydrogens (tertiary/aromatic N) is 1. The average Bonchev–Trinajstić information content (AvgIpc) is 3.61. The first-order chi connectivity index (χ1) is 30.6. The van der Waals surface area contributed by atoms with E-state index in [9.17, 15) is 0 Å².